The van der Waals surface area contributed by atoms with E-state index < -0.39 is 24.0 Å². The molecule has 0 bridgehead atoms. The first-order valence-electron chi connectivity index (χ1n) is 7.01. The van der Waals surface area contributed by atoms with Gasteiger partial charge in [-0.15, -0.1) is 0 Å². The molecule has 2 amide bonds. The van der Waals surface area contributed by atoms with Crippen LogP contribution in [0.2, 0.25) is 0 Å². The summed E-state index contributed by atoms with van der Waals surface area (Å²) in [7, 11) is 3.11. The number of hydrogen-bond acceptors (Lipinski definition) is 6. The molecule has 0 saturated heterocycles. The number of nitrogens with zero attached hydrogens (tertiary/aromatic N) is 2. The van der Waals surface area contributed by atoms with Crippen LogP contribution in [0.25, 0.3) is 10.8 Å². The van der Waals surface area contributed by atoms with Gasteiger partial charge in [-0.1, -0.05) is 18.2 Å². The molecular weight excluding hydrogens is 316 g/mol. The fourth-order valence-corrected chi connectivity index (χ4v) is 1.85. The van der Waals surface area contributed by atoms with E-state index in [1.807, 2.05) is 0 Å². The lowest BCUT2D eigenvalue weighted by molar-refractivity contribution is -0.131. The van der Waals surface area contributed by atoms with Crippen LogP contribution in [0.3, 0.4) is 0 Å². The molecule has 0 radical (unpaired) electrons. The SMILES string of the molecule is CN(C)C(=O)CNC(=O)COC(=O)c1n[nH]c(=O)c2ccccc12. The summed E-state index contributed by atoms with van der Waals surface area (Å²) in [5.74, 6) is -1.76. The second-order valence-corrected chi connectivity index (χ2v) is 5.09. The Morgan fingerprint density at radius 3 is 2.54 bits per heavy atom. The highest BCUT2D eigenvalue weighted by Gasteiger charge is 2.17. The number of nitrogens with one attached hydrogen (secondary N) is 2. The topological polar surface area (TPSA) is 121 Å². The highest BCUT2D eigenvalue weighted by atomic mass is 16.5. The molecule has 0 aliphatic rings. The minimum absolute atomic E-state index is 0.0950. The standard InChI is InChI=1S/C15H16N4O5/c1-19(2)12(21)7-16-11(20)8-24-15(23)13-9-5-3-4-6-10(9)14(22)18-17-13/h3-6H,7-8H2,1-2H3,(H,16,20)(H,18,22). The van der Waals surface area contributed by atoms with Gasteiger partial charge >= 0.3 is 5.97 Å². The molecule has 2 N–H and O–H groups in total. The number of carbonyl (C=O) groups is 3. The van der Waals surface area contributed by atoms with Gasteiger partial charge in [-0.2, -0.15) is 5.10 Å². The van der Waals surface area contributed by atoms with Gasteiger partial charge in [0.1, 0.15) is 0 Å². The van der Waals surface area contributed by atoms with E-state index in [4.69, 9.17) is 4.74 Å². The summed E-state index contributed by atoms with van der Waals surface area (Å²) < 4.78 is 4.87. The summed E-state index contributed by atoms with van der Waals surface area (Å²) >= 11 is 0. The zero-order valence-corrected chi connectivity index (χ0v) is 13.2. The molecule has 0 unspecified atom stereocenters. The average Bonchev–Trinajstić information content (AvgIpc) is 2.58. The van der Waals surface area contributed by atoms with E-state index in [2.05, 4.69) is 15.5 Å². The number of esters is 1. The van der Waals surface area contributed by atoms with E-state index >= 15 is 0 Å². The molecule has 2 aromatic rings. The lowest BCUT2D eigenvalue weighted by atomic mass is 10.1. The fourth-order valence-electron chi connectivity index (χ4n) is 1.85. The highest BCUT2D eigenvalue weighted by Crippen LogP contribution is 2.13. The molecule has 2 rings (SSSR count). The molecule has 0 fully saturated rings. The van der Waals surface area contributed by atoms with Gasteiger partial charge in [0.05, 0.1) is 11.9 Å². The predicted octanol–water partition coefficient (Wildman–Crippen LogP) is -0.716. The van der Waals surface area contributed by atoms with Gasteiger partial charge in [0.25, 0.3) is 11.5 Å². The van der Waals surface area contributed by atoms with Crippen LogP contribution in [0.5, 0.6) is 0 Å². The lowest BCUT2D eigenvalue weighted by Crippen LogP contribution is -2.38. The summed E-state index contributed by atoms with van der Waals surface area (Å²) in [5, 5.41) is 8.84. The van der Waals surface area contributed by atoms with Crippen molar-refractivity contribution in [3.05, 3.63) is 40.3 Å². The van der Waals surface area contributed by atoms with Gasteiger partial charge < -0.3 is 15.0 Å². The zero-order chi connectivity index (χ0) is 17.7. The van der Waals surface area contributed by atoms with Crippen LogP contribution >= 0.6 is 0 Å². The van der Waals surface area contributed by atoms with Gasteiger partial charge in [-0.3, -0.25) is 14.4 Å². The number of carbonyl (C=O) groups excluding carboxylic acids is 3. The number of ether oxygens (including phenoxy) is 1. The Balaban J connectivity index is 2.01. The third-order valence-corrected chi connectivity index (χ3v) is 3.16. The van der Waals surface area contributed by atoms with Crippen LogP contribution in [0.1, 0.15) is 10.5 Å². The van der Waals surface area contributed by atoms with Gasteiger partial charge in [-0.05, 0) is 6.07 Å². The summed E-state index contributed by atoms with van der Waals surface area (Å²) in [4.78, 5) is 48.0. The molecular formula is C15H16N4O5. The molecule has 9 nitrogen and oxygen atoms in total. The smallest absolute Gasteiger partial charge is 0.359 e. The Morgan fingerprint density at radius 1 is 1.21 bits per heavy atom. The number of likely N-dealkylation sites (N-methyl/N-ethyl adjacent to an activating group) is 1. The molecule has 0 aliphatic carbocycles. The first-order chi connectivity index (χ1) is 11.4. The van der Waals surface area contributed by atoms with E-state index in [0.717, 1.165) is 0 Å². The van der Waals surface area contributed by atoms with Crippen molar-refractivity contribution in [3.8, 4) is 0 Å². The van der Waals surface area contributed by atoms with Crippen molar-refractivity contribution in [1.82, 2.24) is 20.4 Å². The van der Waals surface area contributed by atoms with Gasteiger partial charge in [0.2, 0.25) is 5.91 Å². The molecule has 0 spiro atoms. The summed E-state index contributed by atoms with van der Waals surface area (Å²) in [6.07, 6.45) is 0. The van der Waals surface area contributed by atoms with Gasteiger partial charge in [0, 0.05) is 19.5 Å². The number of hydrogen-bond donors (Lipinski definition) is 2. The van der Waals surface area contributed by atoms with Crippen molar-refractivity contribution in [2.45, 2.75) is 0 Å². The molecule has 1 heterocycles. The Bertz CT molecular complexity index is 843. The summed E-state index contributed by atoms with van der Waals surface area (Å²) in [5.41, 5.74) is -0.524. The normalized spacial score (nSPS) is 10.2. The van der Waals surface area contributed by atoms with E-state index in [0.29, 0.717) is 10.8 Å². The minimum Gasteiger partial charge on any atom is -0.451 e. The van der Waals surface area contributed by atoms with E-state index in [-0.39, 0.29) is 18.1 Å². The summed E-state index contributed by atoms with van der Waals surface area (Å²) in [6, 6.07) is 6.41. The lowest BCUT2D eigenvalue weighted by Gasteiger charge is -2.11. The van der Waals surface area contributed by atoms with Gasteiger partial charge in [0.15, 0.2) is 12.3 Å². The first kappa shape index (κ1) is 17.1. The second kappa shape index (κ2) is 7.36. The number of benzene rings is 1. The number of amides is 2. The quantitative estimate of drug-likeness (QED) is 0.697. The number of aromatic nitrogens is 2. The number of rotatable bonds is 5. The monoisotopic (exact) mass is 332 g/mol. The molecule has 24 heavy (non-hydrogen) atoms. The molecule has 1 aromatic heterocycles. The Hall–Kier alpha value is -3.23. The molecule has 126 valence electrons. The fraction of sp³-hybridized carbons (Fsp3) is 0.267. The minimum atomic E-state index is -0.850. The molecule has 0 aliphatic heterocycles. The Kier molecular flexibility index (Phi) is 5.25. The first-order valence-corrected chi connectivity index (χ1v) is 7.01. The zero-order valence-electron chi connectivity index (χ0n) is 13.2. The maximum Gasteiger partial charge on any atom is 0.359 e. The largest absolute Gasteiger partial charge is 0.451 e. The van der Waals surface area contributed by atoms with Crippen molar-refractivity contribution in [3.63, 3.8) is 0 Å². The maximum absolute atomic E-state index is 12.1. The predicted molar refractivity (Wildman–Crippen MR) is 84.3 cm³/mol. The van der Waals surface area contributed by atoms with Gasteiger partial charge in [-0.25, -0.2) is 9.89 Å². The molecule has 1 aromatic carbocycles. The van der Waals surface area contributed by atoms with E-state index in [1.54, 1.807) is 38.4 Å². The number of aromatic amines is 1. The average molecular weight is 332 g/mol. The number of fused-ring (bicyclic) bond motifs is 1. The van der Waals surface area contributed by atoms with Crippen molar-refractivity contribution in [1.29, 1.82) is 0 Å². The second-order valence-electron chi connectivity index (χ2n) is 5.09. The van der Waals surface area contributed by atoms with E-state index in [1.165, 1.54) is 4.90 Å². The third kappa shape index (κ3) is 3.94. The van der Waals surface area contributed by atoms with Crippen molar-refractivity contribution < 1.29 is 19.1 Å². The summed E-state index contributed by atoms with van der Waals surface area (Å²) in [6.45, 7) is -0.752. The van der Waals surface area contributed by atoms with Crippen LogP contribution in [0.4, 0.5) is 0 Å². The van der Waals surface area contributed by atoms with E-state index in [9.17, 15) is 19.2 Å². The molecule has 0 atom stereocenters. The highest BCUT2D eigenvalue weighted by molar-refractivity contribution is 6.02. The Morgan fingerprint density at radius 2 is 1.88 bits per heavy atom. The van der Waals surface area contributed by atoms with Crippen LogP contribution in [0, 0.1) is 0 Å². The number of H-pyrrole nitrogens is 1. The van der Waals surface area contributed by atoms with Crippen LogP contribution in [-0.4, -0.2) is 60.1 Å². The van der Waals surface area contributed by atoms with Crippen LogP contribution in [0.15, 0.2) is 29.1 Å². The maximum atomic E-state index is 12.1. The molecule has 0 saturated carbocycles. The van der Waals surface area contributed by atoms with Crippen molar-refractivity contribution >= 4 is 28.6 Å². The van der Waals surface area contributed by atoms with Crippen molar-refractivity contribution in [2.24, 2.45) is 0 Å². The third-order valence-electron chi connectivity index (χ3n) is 3.16. The van der Waals surface area contributed by atoms with Crippen LogP contribution < -0.4 is 10.9 Å². The van der Waals surface area contributed by atoms with Crippen LogP contribution in [-0.2, 0) is 14.3 Å². The molecule has 9 heteroatoms. The Labute approximate surface area is 136 Å². The van der Waals surface area contributed by atoms with Crippen molar-refractivity contribution in [2.75, 3.05) is 27.2 Å².